The number of hydrogen-bond acceptors (Lipinski definition) is 6. The quantitative estimate of drug-likeness (QED) is 0.619. The van der Waals surface area contributed by atoms with Gasteiger partial charge in [0.25, 0.3) is 0 Å². The van der Waals surface area contributed by atoms with Crippen LogP contribution in [0.2, 0.25) is 0 Å². The van der Waals surface area contributed by atoms with Crippen molar-refractivity contribution in [2.24, 2.45) is 5.92 Å². The molecule has 0 amide bonds. The fourth-order valence-electron chi connectivity index (χ4n) is 4.01. The second kappa shape index (κ2) is 9.78. The Balaban J connectivity index is 2.32. The van der Waals surface area contributed by atoms with Gasteiger partial charge in [-0.1, -0.05) is 44.2 Å². The number of nitrogens with zero attached hydrogens (tertiary/aromatic N) is 1. The molecule has 1 heterocycles. The smallest absolute Gasteiger partial charge is 0.185 e. The fourth-order valence-corrected chi connectivity index (χ4v) is 4.01. The molecular weight excluding hydrogens is 334 g/mol. The number of ether oxygens (including phenoxy) is 2. The van der Waals surface area contributed by atoms with Crippen molar-refractivity contribution in [3.05, 3.63) is 35.9 Å². The summed E-state index contributed by atoms with van der Waals surface area (Å²) in [5, 5.41) is 21.6. The molecule has 0 radical (unpaired) electrons. The van der Waals surface area contributed by atoms with E-state index in [0.717, 1.165) is 12.0 Å². The molecule has 0 aromatic heterocycles. The van der Waals surface area contributed by atoms with Crippen molar-refractivity contribution in [2.45, 2.75) is 63.7 Å². The molecule has 2 rings (SSSR count). The van der Waals surface area contributed by atoms with E-state index >= 15 is 0 Å². The van der Waals surface area contributed by atoms with Crippen LogP contribution in [0, 0.1) is 5.92 Å². The number of hydroxylamine groups is 2. The van der Waals surface area contributed by atoms with Crippen molar-refractivity contribution in [1.29, 1.82) is 0 Å². The van der Waals surface area contributed by atoms with Gasteiger partial charge in [0, 0.05) is 27.2 Å². The van der Waals surface area contributed by atoms with Gasteiger partial charge in [0.1, 0.15) is 6.10 Å². The number of hydrogen-bond donors (Lipinski definition) is 2. The van der Waals surface area contributed by atoms with Crippen LogP contribution in [0.1, 0.15) is 38.7 Å². The number of aliphatic hydroxyl groups is 2. The molecule has 26 heavy (non-hydrogen) atoms. The Bertz CT molecular complexity index is 522. The van der Waals surface area contributed by atoms with Gasteiger partial charge < -0.3 is 19.7 Å². The fraction of sp³-hybridized carbons (Fsp3) is 0.700. The highest BCUT2D eigenvalue weighted by atomic mass is 16.7. The summed E-state index contributed by atoms with van der Waals surface area (Å²) in [6.45, 7) is 4.65. The average molecular weight is 367 g/mol. The largest absolute Gasteiger partial charge is 0.394 e. The van der Waals surface area contributed by atoms with Gasteiger partial charge in [0.2, 0.25) is 0 Å². The minimum atomic E-state index is -0.794. The first kappa shape index (κ1) is 21.3. The maximum Gasteiger partial charge on any atom is 0.185 e. The van der Waals surface area contributed by atoms with E-state index in [1.54, 1.807) is 14.2 Å². The molecule has 148 valence electrons. The summed E-state index contributed by atoms with van der Waals surface area (Å²) < 4.78 is 10.9. The Hall–Kier alpha value is -1.02. The topological polar surface area (TPSA) is 71.4 Å². The molecule has 1 aliphatic rings. The highest BCUT2D eigenvalue weighted by Crippen LogP contribution is 2.42. The third kappa shape index (κ3) is 5.25. The van der Waals surface area contributed by atoms with Gasteiger partial charge in [-0.15, -0.1) is 0 Å². The Labute approximate surface area is 156 Å². The number of rotatable bonds is 10. The number of benzene rings is 1. The SMILES string of the molecule is COC(OC)C1CC(CC(C)C)(CC(O)CO)N(Cc2ccccc2)O1. The molecule has 0 saturated carbocycles. The molecule has 3 unspecified atom stereocenters. The van der Waals surface area contributed by atoms with Crippen LogP contribution in [0.25, 0.3) is 0 Å². The van der Waals surface area contributed by atoms with Crippen LogP contribution in [0.15, 0.2) is 30.3 Å². The summed E-state index contributed by atoms with van der Waals surface area (Å²) >= 11 is 0. The van der Waals surface area contributed by atoms with Crippen LogP contribution in [-0.4, -0.2) is 60.1 Å². The molecule has 1 aromatic carbocycles. The summed E-state index contributed by atoms with van der Waals surface area (Å²) in [4.78, 5) is 6.26. The summed E-state index contributed by atoms with van der Waals surface area (Å²) in [5.41, 5.74) is 0.734. The van der Waals surface area contributed by atoms with Crippen molar-refractivity contribution < 1.29 is 24.5 Å². The third-order valence-corrected chi connectivity index (χ3v) is 4.92. The van der Waals surface area contributed by atoms with E-state index in [9.17, 15) is 10.2 Å². The van der Waals surface area contributed by atoms with Gasteiger partial charge in [-0.2, -0.15) is 5.06 Å². The van der Waals surface area contributed by atoms with Crippen LogP contribution < -0.4 is 0 Å². The minimum Gasteiger partial charge on any atom is -0.394 e. The molecule has 1 aromatic rings. The highest BCUT2D eigenvalue weighted by molar-refractivity contribution is 5.15. The van der Waals surface area contributed by atoms with E-state index in [-0.39, 0.29) is 12.7 Å². The first-order valence-electron chi connectivity index (χ1n) is 9.27. The lowest BCUT2D eigenvalue weighted by molar-refractivity contribution is -0.255. The Kier molecular flexibility index (Phi) is 8.01. The van der Waals surface area contributed by atoms with Crippen molar-refractivity contribution in [1.82, 2.24) is 5.06 Å². The van der Waals surface area contributed by atoms with E-state index in [4.69, 9.17) is 14.3 Å². The van der Waals surface area contributed by atoms with Gasteiger partial charge in [-0.05, 0) is 24.3 Å². The van der Waals surface area contributed by atoms with E-state index < -0.39 is 17.9 Å². The van der Waals surface area contributed by atoms with Crippen molar-refractivity contribution in [3.8, 4) is 0 Å². The first-order chi connectivity index (χ1) is 12.4. The summed E-state index contributed by atoms with van der Waals surface area (Å²) in [7, 11) is 3.20. The van der Waals surface area contributed by atoms with Gasteiger partial charge in [0.15, 0.2) is 6.29 Å². The second-order valence-corrected chi connectivity index (χ2v) is 7.57. The molecule has 6 heteroatoms. The molecule has 3 atom stereocenters. The average Bonchev–Trinajstić information content (AvgIpc) is 2.93. The first-order valence-corrected chi connectivity index (χ1v) is 9.27. The lowest BCUT2D eigenvalue weighted by Crippen LogP contribution is -2.46. The van der Waals surface area contributed by atoms with Crippen molar-refractivity contribution in [3.63, 3.8) is 0 Å². The van der Waals surface area contributed by atoms with Gasteiger partial charge in [-0.25, -0.2) is 0 Å². The molecule has 2 N–H and O–H groups in total. The van der Waals surface area contributed by atoms with Crippen LogP contribution in [0.5, 0.6) is 0 Å². The molecule has 1 aliphatic heterocycles. The van der Waals surface area contributed by atoms with E-state index in [0.29, 0.717) is 25.3 Å². The summed E-state index contributed by atoms with van der Waals surface area (Å²) in [6.07, 6.45) is 0.407. The molecular formula is C20H33NO5. The molecule has 6 nitrogen and oxygen atoms in total. The van der Waals surface area contributed by atoms with E-state index in [1.165, 1.54) is 0 Å². The third-order valence-electron chi connectivity index (χ3n) is 4.92. The zero-order valence-electron chi connectivity index (χ0n) is 16.3. The molecule has 1 fully saturated rings. The maximum absolute atomic E-state index is 10.2. The second-order valence-electron chi connectivity index (χ2n) is 7.57. The minimum absolute atomic E-state index is 0.262. The number of methoxy groups -OCH3 is 2. The lowest BCUT2D eigenvalue weighted by Gasteiger charge is -2.39. The van der Waals surface area contributed by atoms with Crippen LogP contribution in [0.3, 0.4) is 0 Å². The normalized spacial score (nSPS) is 25.3. The zero-order chi connectivity index (χ0) is 19.2. The van der Waals surface area contributed by atoms with Gasteiger partial charge in [0.05, 0.1) is 18.2 Å². The lowest BCUT2D eigenvalue weighted by atomic mass is 9.80. The van der Waals surface area contributed by atoms with E-state index in [1.807, 2.05) is 23.3 Å². The van der Waals surface area contributed by atoms with Gasteiger partial charge in [-0.3, -0.25) is 4.84 Å². The van der Waals surface area contributed by atoms with Crippen LogP contribution in [-0.2, 0) is 20.9 Å². The molecule has 0 spiro atoms. The molecule has 0 bridgehead atoms. The standard InChI is InChI=1S/C20H33NO5/c1-15(2)10-20(11-17(23)14-22)12-18(19(24-3)25-4)26-21(20)13-16-8-6-5-7-9-16/h5-9,15,17-19,22-23H,10-14H2,1-4H3. The number of aliphatic hydroxyl groups excluding tert-OH is 2. The summed E-state index contributed by atoms with van der Waals surface area (Å²) in [5.74, 6) is 0.407. The summed E-state index contributed by atoms with van der Waals surface area (Å²) in [6, 6.07) is 10.1. The Morgan fingerprint density at radius 2 is 1.85 bits per heavy atom. The Morgan fingerprint density at radius 3 is 2.38 bits per heavy atom. The van der Waals surface area contributed by atoms with Crippen molar-refractivity contribution >= 4 is 0 Å². The monoisotopic (exact) mass is 367 g/mol. The molecule has 0 aliphatic carbocycles. The Morgan fingerprint density at radius 1 is 1.19 bits per heavy atom. The zero-order valence-corrected chi connectivity index (χ0v) is 16.3. The van der Waals surface area contributed by atoms with E-state index in [2.05, 4.69) is 26.0 Å². The van der Waals surface area contributed by atoms with Gasteiger partial charge >= 0.3 is 0 Å². The van der Waals surface area contributed by atoms with Crippen molar-refractivity contribution in [2.75, 3.05) is 20.8 Å². The predicted octanol–water partition coefficient (Wildman–Crippen LogP) is 2.34. The maximum atomic E-state index is 10.2. The predicted molar refractivity (Wildman–Crippen MR) is 99.2 cm³/mol. The van der Waals surface area contributed by atoms with Crippen LogP contribution in [0.4, 0.5) is 0 Å². The van der Waals surface area contributed by atoms with Crippen LogP contribution >= 0.6 is 0 Å². The molecule has 1 saturated heterocycles. The highest BCUT2D eigenvalue weighted by Gasteiger charge is 2.50.